The molecule has 24 heavy (non-hydrogen) atoms. The number of nitrogens with one attached hydrogen (secondary N) is 1. The fourth-order valence-electron chi connectivity index (χ4n) is 2.54. The molecule has 0 aliphatic rings. The Morgan fingerprint density at radius 1 is 1.17 bits per heavy atom. The number of aromatic nitrogens is 2. The monoisotopic (exact) mass is 343 g/mol. The highest BCUT2D eigenvalue weighted by atomic mass is 32.2. The number of aryl methyl sites for hydroxylation is 1. The van der Waals surface area contributed by atoms with Crippen LogP contribution in [0.25, 0.3) is 11.0 Å². The summed E-state index contributed by atoms with van der Waals surface area (Å²) < 4.78 is 14.5. The number of benzene rings is 2. The van der Waals surface area contributed by atoms with E-state index in [0.717, 1.165) is 15.9 Å². The maximum Gasteiger partial charge on any atom is 0.204 e. The van der Waals surface area contributed by atoms with Gasteiger partial charge < -0.3 is 15.0 Å². The second kappa shape index (κ2) is 7.59. The molecule has 1 heterocycles. The number of hydrogen-bond acceptors (Lipinski definition) is 4. The van der Waals surface area contributed by atoms with Gasteiger partial charge >= 0.3 is 0 Å². The van der Waals surface area contributed by atoms with Crippen molar-refractivity contribution in [1.29, 1.82) is 0 Å². The third-order valence-corrected chi connectivity index (χ3v) is 5.07. The van der Waals surface area contributed by atoms with E-state index in [4.69, 9.17) is 0 Å². The molecule has 3 rings (SSSR count). The zero-order valence-electron chi connectivity index (χ0n) is 13.6. The lowest BCUT2D eigenvalue weighted by molar-refractivity contribution is 0.208. The van der Waals surface area contributed by atoms with Crippen LogP contribution in [0.5, 0.6) is 0 Å². The molecule has 0 fully saturated rings. The fourth-order valence-corrected chi connectivity index (χ4v) is 3.58. The predicted octanol–water partition coefficient (Wildman–Crippen LogP) is 2.64. The molecule has 0 radical (unpaired) electrons. The predicted molar refractivity (Wildman–Crippen MR) is 97.6 cm³/mol. The van der Waals surface area contributed by atoms with E-state index in [-0.39, 0.29) is 0 Å². The first-order valence-electron chi connectivity index (χ1n) is 7.96. The summed E-state index contributed by atoms with van der Waals surface area (Å²) in [6.07, 6.45) is -0.461. The molecule has 6 heteroatoms. The van der Waals surface area contributed by atoms with Crippen molar-refractivity contribution >= 4 is 27.8 Å². The molecule has 2 aromatic carbocycles. The molecule has 126 valence electrons. The summed E-state index contributed by atoms with van der Waals surface area (Å²) in [7, 11) is -1.06. The number of rotatable bonds is 7. The van der Waals surface area contributed by atoms with Crippen molar-refractivity contribution in [3.63, 3.8) is 0 Å². The Hall–Kier alpha value is -2.18. The van der Waals surface area contributed by atoms with Crippen molar-refractivity contribution in [1.82, 2.24) is 9.55 Å². The van der Waals surface area contributed by atoms with Gasteiger partial charge in [0.15, 0.2) is 0 Å². The van der Waals surface area contributed by atoms with E-state index in [0.29, 0.717) is 24.8 Å². The van der Waals surface area contributed by atoms with Gasteiger partial charge in [-0.2, -0.15) is 0 Å². The molecule has 0 spiro atoms. The van der Waals surface area contributed by atoms with Gasteiger partial charge in [-0.05, 0) is 31.2 Å². The highest BCUT2D eigenvalue weighted by Crippen LogP contribution is 2.20. The first-order valence-corrected chi connectivity index (χ1v) is 9.27. The van der Waals surface area contributed by atoms with Gasteiger partial charge in [-0.1, -0.05) is 30.3 Å². The number of imidazole rings is 1. The van der Waals surface area contributed by atoms with E-state index < -0.39 is 16.9 Å². The largest absolute Gasteiger partial charge is 0.392 e. The Morgan fingerprint density at radius 3 is 2.62 bits per heavy atom. The van der Waals surface area contributed by atoms with Gasteiger partial charge in [-0.15, -0.1) is 0 Å². The normalized spacial score (nSPS) is 13.8. The summed E-state index contributed by atoms with van der Waals surface area (Å²) in [6.45, 7) is 2.74. The highest BCUT2D eigenvalue weighted by Gasteiger charge is 2.12. The summed E-state index contributed by atoms with van der Waals surface area (Å²) in [4.78, 5) is 5.41. The van der Waals surface area contributed by atoms with Gasteiger partial charge in [0.05, 0.1) is 27.9 Å². The minimum absolute atomic E-state index is 0.422. The van der Waals surface area contributed by atoms with Crippen LogP contribution in [0.4, 0.5) is 5.95 Å². The third kappa shape index (κ3) is 3.83. The SMILES string of the molecule is C[C@H](O)CNc1nc2ccccc2n1CC[S@](=O)c1ccccc1. The Balaban J connectivity index is 1.81. The van der Waals surface area contributed by atoms with Crippen molar-refractivity contribution < 1.29 is 9.32 Å². The first-order chi connectivity index (χ1) is 11.6. The van der Waals surface area contributed by atoms with Crippen LogP contribution in [0, 0.1) is 0 Å². The maximum atomic E-state index is 12.5. The van der Waals surface area contributed by atoms with Crippen LogP contribution in [0.2, 0.25) is 0 Å². The molecule has 5 nitrogen and oxygen atoms in total. The number of aliphatic hydroxyl groups is 1. The van der Waals surface area contributed by atoms with E-state index in [1.807, 2.05) is 59.2 Å². The van der Waals surface area contributed by atoms with Crippen molar-refractivity contribution in [2.24, 2.45) is 0 Å². The maximum absolute atomic E-state index is 12.5. The lowest BCUT2D eigenvalue weighted by Gasteiger charge is -2.12. The highest BCUT2D eigenvalue weighted by molar-refractivity contribution is 7.85. The van der Waals surface area contributed by atoms with Crippen LogP contribution < -0.4 is 5.32 Å². The lowest BCUT2D eigenvalue weighted by Crippen LogP contribution is -2.19. The molecule has 0 amide bonds. The van der Waals surface area contributed by atoms with Crippen LogP contribution in [0.15, 0.2) is 59.5 Å². The Morgan fingerprint density at radius 2 is 1.88 bits per heavy atom. The molecule has 0 bridgehead atoms. The molecule has 0 aliphatic carbocycles. The van der Waals surface area contributed by atoms with Gasteiger partial charge in [0.25, 0.3) is 0 Å². The summed E-state index contributed by atoms with van der Waals surface area (Å²) in [5, 5.41) is 12.7. The van der Waals surface area contributed by atoms with E-state index >= 15 is 0 Å². The number of aliphatic hydroxyl groups excluding tert-OH is 1. The van der Waals surface area contributed by atoms with Gasteiger partial charge in [-0.3, -0.25) is 4.21 Å². The number of para-hydroxylation sites is 2. The number of nitrogens with zero attached hydrogens (tertiary/aromatic N) is 2. The van der Waals surface area contributed by atoms with Crippen LogP contribution in [0.3, 0.4) is 0 Å². The van der Waals surface area contributed by atoms with Gasteiger partial charge in [0.1, 0.15) is 0 Å². The van der Waals surface area contributed by atoms with E-state index in [1.54, 1.807) is 6.92 Å². The van der Waals surface area contributed by atoms with Gasteiger partial charge in [0, 0.05) is 23.7 Å². The summed E-state index contributed by atoms with van der Waals surface area (Å²) in [5.74, 6) is 1.20. The summed E-state index contributed by atoms with van der Waals surface area (Å²) >= 11 is 0. The molecule has 3 aromatic rings. The molecule has 0 saturated heterocycles. The van der Waals surface area contributed by atoms with Crippen molar-refractivity contribution in [3.8, 4) is 0 Å². The van der Waals surface area contributed by atoms with Gasteiger partial charge in [0.2, 0.25) is 5.95 Å². The van der Waals surface area contributed by atoms with E-state index in [9.17, 15) is 9.32 Å². The number of anilines is 1. The smallest absolute Gasteiger partial charge is 0.204 e. The van der Waals surface area contributed by atoms with Crippen LogP contribution >= 0.6 is 0 Å². The second-order valence-corrected chi connectivity index (χ2v) is 7.24. The molecule has 0 aliphatic heterocycles. The molecular weight excluding hydrogens is 322 g/mol. The zero-order chi connectivity index (χ0) is 16.9. The first kappa shape index (κ1) is 16.7. The lowest BCUT2D eigenvalue weighted by atomic mass is 10.3. The Bertz CT molecular complexity index is 831. The quantitative estimate of drug-likeness (QED) is 0.692. The Labute approximate surface area is 143 Å². The Kier molecular flexibility index (Phi) is 5.27. The number of hydrogen-bond donors (Lipinski definition) is 2. The van der Waals surface area contributed by atoms with Crippen LogP contribution in [-0.4, -0.2) is 37.3 Å². The van der Waals surface area contributed by atoms with Gasteiger partial charge in [-0.25, -0.2) is 4.98 Å². The molecule has 0 saturated carbocycles. The minimum atomic E-state index is -1.06. The average molecular weight is 343 g/mol. The van der Waals surface area contributed by atoms with Crippen LogP contribution in [-0.2, 0) is 17.3 Å². The molecule has 0 unspecified atom stereocenters. The van der Waals surface area contributed by atoms with E-state index in [1.165, 1.54) is 0 Å². The second-order valence-electron chi connectivity index (χ2n) is 5.67. The minimum Gasteiger partial charge on any atom is -0.392 e. The molecular formula is C18H21N3O2S. The fraction of sp³-hybridized carbons (Fsp3) is 0.278. The third-order valence-electron chi connectivity index (χ3n) is 3.72. The zero-order valence-corrected chi connectivity index (χ0v) is 14.4. The summed E-state index contributed by atoms with van der Waals surface area (Å²) in [5.41, 5.74) is 1.88. The number of fused-ring (bicyclic) bond motifs is 1. The topological polar surface area (TPSA) is 67.2 Å². The van der Waals surface area contributed by atoms with Crippen molar-refractivity contribution in [2.45, 2.75) is 24.5 Å². The van der Waals surface area contributed by atoms with Crippen molar-refractivity contribution in [2.75, 3.05) is 17.6 Å². The van der Waals surface area contributed by atoms with Crippen molar-refractivity contribution in [3.05, 3.63) is 54.6 Å². The van der Waals surface area contributed by atoms with E-state index in [2.05, 4.69) is 10.3 Å². The molecule has 1 aromatic heterocycles. The molecule has 2 atom stereocenters. The standard InChI is InChI=1S/C18H21N3O2S/c1-14(22)13-19-18-20-16-9-5-6-10-17(16)21(18)11-12-24(23)15-7-3-2-4-8-15/h2-10,14,22H,11-13H2,1H3,(H,19,20)/t14-,24-/m0/s1. The van der Waals surface area contributed by atoms with Crippen LogP contribution in [0.1, 0.15) is 6.92 Å². The molecule has 2 N–H and O–H groups in total. The summed E-state index contributed by atoms with van der Waals surface area (Å²) in [6, 6.07) is 17.3. The average Bonchev–Trinajstić information content (AvgIpc) is 2.96.